The van der Waals surface area contributed by atoms with Crippen LogP contribution in [0.4, 0.5) is 0 Å². The highest BCUT2D eigenvalue weighted by atomic mass is 16.4. The van der Waals surface area contributed by atoms with Crippen molar-refractivity contribution in [1.29, 1.82) is 0 Å². The zero-order chi connectivity index (χ0) is 25.1. The molecular weight excluding hydrogens is 424 g/mol. The Morgan fingerprint density at radius 2 is 1.56 bits per heavy atom. The smallest absolute Gasteiger partial charge is 0.331 e. The number of fused-ring (bicyclic) bond motifs is 7. The van der Waals surface area contributed by atoms with Gasteiger partial charge in [0, 0.05) is 11.0 Å². The first-order valence-electron chi connectivity index (χ1n) is 13.5. The second kappa shape index (κ2) is 7.01. The van der Waals surface area contributed by atoms with E-state index in [1.807, 2.05) is 0 Å². The van der Waals surface area contributed by atoms with E-state index < -0.39 is 17.4 Å². The van der Waals surface area contributed by atoms with E-state index in [1.165, 1.54) is 0 Å². The summed E-state index contributed by atoms with van der Waals surface area (Å²) in [6.45, 7) is 18.0. The first-order chi connectivity index (χ1) is 15.7. The van der Waals surface area contributed by atoms with Gasteiger partial charge in [0.2, 0.25) is 0 Å². The molecule has 0 aromatic rings. The molecule has 0 radical (unpaired) electrons. The third-order valence-electron chi connectivity index (χ3n) is 12.8. The fourth-order valence-corrected chi connectivity index (χ4v) is 11.2. The van der Waals surface area contributed by atoms with Gasteiger partial charge >= 0.3 is 11.9 Å². The fourth-order valence-electron chi connectivity index (χ4n) is 11.2. The molecule has 4 heteroatoms. The first kappa shape index (κ1) is 24.1. The van der Waals surface area contributed by atoms with Gasteiger partial charge in [0.15, 0.2) is 0 Å². The minimum Gasteiger partial charge on any atom is -0.481 e. The SMILES string of the molecule is C=C(C)[C@@H]1CC[C@]2(C(=O)O)CC[C@]3(C)[C@H](CC[C@@H]4[C@@]5(C)C(C(=O)O)=CC(C)(C)[C@@H]5CC[C@]43C)[C@@H]12. The predicted molar refractivity (Wildman–Crippen MR) is 133 cm³/mol. The average Bonchev–Trinajstić information content (AvgIpc) is 3.23. The zero-order valence-corrected chi connectivity index (χ0v) is 22.0. The fraction of sp³-hybridized carbons (Fsp3) is 0.800. The summed E-state index contributed by atoms with van der Waals surface area (Å²) in [5, 5.41) is 20.8. The van der Waals surface area contributed by atoms with Gasteiger partial charge in [-0.05, 0) is 104 Å². The third-order valence-corrected chi connectivity index (χ3v) is 12.8. The van der Waals surface area contributed by atoms with Crippen LogP contribution in [0.5, 0.6) is 0 Å². The van der Waals surface area contributed by atoms with Crippen molar-refractivity contribution in [3.63, 3.8) is 0 Å². The van der Waals surface area contributed by atoms with Gasteiger partial charge in [-0.3, -0.25) is 4.79 Å². The summed E-state index contributed by atoms with van der Waals surface area (Å²) < 4.78 is 0. The van der Waals surface area contributed by atoms with Crippen molar-refractivity contribution in [2.75, 3.05) is 0 Å². The first-order valence-corrected chi connectivity index (χ1v) is 13.5. The molecule has 0 aromatic carbocycles. The highest BCUT2D eigenvalue weighted by molar-refractivity contribution is 5.89. The summed E-state index contributed by atoms with van der Waals surface area (Å²) in [5.41, 5.74) is 0.750. The van der Waals surface area contributed by atoms with Crippen LogP contribution in [0.2, 0.25) is 0 Å². The maximum atomic E-state index is 12.8. The van der Waals surface area contributed by atoms with Crippen molar-refractivity contribution in [1.82, 2.24) is 0 Å². The number of carboxylic acid groups (broad SMARTS) is 2. The Balaban J connectivity index is 1.61. The molecule has 0 bridgehead atoms. The van der Waals surface area contributed by atoms with Gasteiger partial charge in [0.05, 0.1) is 5.41 Å². The number of carbonyl (C=O) groups is 2. The number of carboxylic acids is 2. The molecule has 0 aliphatic heterocycles. The minimum absolute atomic E-state index is 0.00298. The molecule has 2 N–H and O–H groups in total. The van der Waals surface area contributed by atoms with Gasteiger partial charge in [-0.25, -0.2) is 4.79 Å². The number of rotatable bonds is 3. The van der Waals surface area contributed by atoms with Crippen LogP contribution < -0.4 is 0 Å². The van der Waals surface area contributed by atoms with Crippen molar-refractivity contribution in [2.24, 2.45) is 56.7 Å². The lowest BCUT2D eigenvalue weighted by molar-refractivity contribution is -0.218. The van der Waals surface area contributed by atoms with Gasteiger partial charge in [0.25, 0.3) is 0 Å². The van der Waals surface area contributed by atoms with Crippen LogP contribution in [0.1, 0.15) is 92.9 Å². The number of hydrogen-bond donors (Lipinski definition) is 2. The Hall–Kier alpha value is -1.58. The van der Waals surface area contributed by atoms with Crippen LogP contribution in [-0.4, -0.2) is 22.2 Å². The minimum atomic E-state index is -0.749. The van der Waals surface area contributed by atoms with Gasteiger partial charge in [-0.1, -0.05) is 52.8 Å². The molecule has 5 aliphatic rings. The summed E-state index contributed by atoms with van der Waals surface area (Å²) in [6, 6.07) is 0. The molecule has 0 unspecified atom stereocenters. The van der Waals surface area contributed by atoms with Crippen LogP contribution >= 0.6 is 0 Å². The van der Waals surface area contributed by atoms with Gasteiger partial charge in [0.1, 0.15) is 0 Å². The lowest BCUT2D eigenvalue weighted by Crippen LogP contribution is -2.65. The van der Waals surface area contributed by atoms with E-state index in [-0.39, 0.29) is 33.5 Å². The topological polar surface area (TPSA) is 74.6 Å². The van der Waals surface area contributed by atoms with Crippen molar-refractivity contribution in [2.45, 2.75) is 92.9 Å². The Morgan fingerprint density at radius 3 is 2.15 bits per heavy atom. The maximum absolute atomic E-state index is 12.8. The highest BCUT2D eigenvalue weighted by Crippen LogP contribution is 2.78. The highest BCUT2D eigenvalue weighted by Gasteiger charge is 2.72. The molecule has 0 amide bonds. The summed E-state index contributed by atoms with van der Waals surface area (Å²) in [7, 11) is 0. The van der Waals surface area contributed by atoms with Crippen molar-refractivity contribution in [3.8, 4) is 0 Å². The Bertz CT molecular complexity index is 992. The van der Waals surface area contributed by atoms with Crippen LogP contribution in [-0.2, 0) is 9.59 Å². The molecule has 34 heavy (non-hydrogen) atoms. The zero-order valence-electron chi connectivity index (χ0n) is 22.0. The van der Waals surface area contributed by atoms with E-state index in [1.54, 1.807) is 0 Å². The van der Waals surface area contributed by atoms with E-state index in [2.05, 4.69) is 54.2 Å². The molecule has 188 valence electrons. The maximum Gasteiger partial charge on any atom is 0.331 e. The standard InChI is InChI=1S/C30H44O4/c1-17(2)18-10-13-30(25(33)34)15-14-27(5)19(23(18)30)8-9-22-28(27,6)12-11-21-26(3,4)16-20(24(31)32)29(21,22)7/h16,18-19,21-23H,1,8-15H2,2-7H3,(H,31,32)(H,33,34)/t18-,19+,21-,22-,23+,27+,28+,29-,30-/m0/s1. The van der Waals surface area contributed by atoms with Crippen LogP contribution in [0.3, 0.4) is 0 Å². The number of allylic oxidation sites excluding steroid dienone is 2. The molecular formula is C30H44O4. The van der Waals surface area contributed by atoms with Crippen LogP contribution in [0.25, 0.3) is 0 Å². The molecule has 5 aliphatic carbocycles. The number of hydrogen-bond acceptors (Lipinski definition) is 2. The van der Waals surface area contributed by atoms with E-state index in [0.717, 1.165) is 56.9 Å². The Morgan fingerprint density at radius 1 is 0.882 bits per heavy atom. The van der Waals surface area contributed by atoms with Gasteiger partial charge in [-0.15, -0.1) is 0 Å². The molecule has 5 rings (SSSR count). The average molecular weight is 469 g/mol. The van der Waals surface area contributed by atoms with Crippen molar-refractivity contribution < 1.29 is 19.8 Å². The lowest BCUT2D eigenvalue weighted by Gasteiger charge is -2.70. The normalized spacial score (nSPS) is 50.9. The molecule has 0 saturated heterocycles. The van der Waals surface area contributed by atoms with E-state index >= 15 is 0 Å². The molecule has 4 fully saturated rings. The summed E-state index contributed by atoms with van der Waals surface area (Å²) in [6.07, 6.45) is 9.65. The van der Waals surface area contributed by atoms with Crippen LogP contribution in [0, 0.1) is 56.7 Å². The monoisotopic (exact) mass is 468 g/mol. The van der Waals surface area contributed by atoms with E-state index in [9.17, 15) is 19.8 Å². The second-order valence-corrected chi connectivity index (χ2v) is 14.1. The van der Waals surface area contributed by atoms with Gasteiger partial charge in [-0.2, -0.15) is 0 Å². The third kappa shape index (κ3) is 2.61. The molecule has 0 aromatic heterocycles. The lowest BCUT2D eigenvalue weighted by atomic mass is 9.34. The molecule has 0 heterocycles. The van der Waals surface area contributed by atoms with Crippen LogP contribution in [0.15, 0.2) is 23.8 Å². The largest absolute Gasteiger partial charge is 0.481 e. The second-order valence-electron chi connectivity index (χ2n) is 14.1. The summed E-state index contributed by atoms with van der Waals surface area (Å²) in [4.78, 5) is 25.3. The molecule has 4 nitrogen and oxygen atoms in total. The quantitative estimate of drug-likeness (QED) is 0.439. The summed E-state index contributed by atoms with van der Waals surface area (Å²) in [5.74, 6) is 0.106. The van der Waals surface area contributed by atoms with Gasteiger partial charge < -0.3 is 10.2 Å². The predicted octanol–water partition coefficient (Wildman–Crippen LogP) is 6.96. The Kier molecular flexibility index (Phi) is 4.97. The van der Waals surface area contributed by atoms with Crippen molar-refractivity contribution >= 4 is 11.9 Å². The molecule has 4 saturated carbocycles. The Labute approximate surface area is 205 Å². The van der Waals surface area contributed by atoms with Crippen molar-refractivity contribution in [3.05, 3.63) is 23.8 Å². The number of aliphatic carboxylic acids is 2. The summed E-state index contributed by atoms with van der Waals surface area (Å²) >= 11 is 0. The molecule has 9 atom stereocenters. The van der Waals surface area contributed by atoms with E-state index in [4.69, 9.17) is 0 Å². The van der Waals surface area contributed by atoms with E-state index in [0.29, 0.717) is 23.3 Å². The molecule has 0 spiro atoms.